The van der Waals surface area contributed by atoms with Gasteiger partial charge in [-0.2, -0.15) is 13.2 Å². The number of carbonyl (C=O) groups is 2. The largest absolute Gasteiger partial charge is 0.549 e. The summed E-state index contributed by atoms with van der Waals surface area (Å²) in [5, 5.41) is 15.1. The molecule has 122 valence electrons. The number of halogens is 3. The van der Waals surface area contributed by atoms with Crippen molar-refractivity contribution >= 4 is 29.6 Å². The van der Waals surface area contributed by atoms with E-state index in [1.165, 1.54) is 0 Å². The van der Waals surface area contributed by atoms with E-state index < -0.39 is 23.7 Å². The third kappa shape index (κ3) is 7.11. The molecule has 0 spiro atoms. The number of alkyl halides is 3. The summed E-state index contributed by atoms with van der Waals surface area (Å²) in [7, 11) is 0. The first-order valence-corrected chi connectivity index (χ1v) is 7.13. The molecule has 0 fully saturated rings. The molecule has 0 saturated heterocycles. The van der Waals surface area contributed by atoms with Crippen molar-refractivity contribution in [3.63, 3.8) is 0 Å². The first kappa shape index (κ1) is 18.0. The molecular formula is C11H12F3N4O3S-. The maximum Gasteiger partial charge on any atom is 0.433 e. The first-order valence-electron chi connectivity index (χ1n) is 5.97. The number of carbonyl (C=O) groups excluding carboxylic acids is 2. The average Bonchev–Trinajstić information content (AvgIpc) is 2.42. The van der Waals surface area contributed by atoms with Crippen molar-refractivity contribution in [3.8, 4) is 0 Å². The fraction of sp³-hybridized carbons (Fsp3) is 0.455. The van der Waals surface area contributed by atoms with Crippen molar-refractivity contribution in [2.24, 2.45) is 0 Å². The van der Waals surface area contributed by atoms with Crippen LogP contribution in [0.15, 0.2) is 12.3 Å². The summed E-state index contributed by atoms with van der Waals surface area (Å²) < 4.78 is 37.2. The van der Waals surface area contributed by atoms with E-state index in [1.807, 2.05) is 0 Å². The van der Waals surface area contributed by atoms with Gasteiger partial charge in [-0.05, 0) is 6.07 Å². The second kappa shape index (κ2) is 8.41. The van der Waals surface area contributed by atoms with Gasteiger partial charge in [-0.3, -0.25) is 4.79 Å². The zero-order valence-corrected chi connectivity index (χ0v) is 12.0. The van der Waals surface area contributed by atoms with Crippen molar-refractivity contribution in [1.29, 1.82) is 0 Å². The fourth-order valence-electron chi connectivity index (χ4n) is 1.26. The minimum atomic E-state index is -4.55. The number of amides is 1. The van der Waals surface area contributed by atoms with Crippen molar-refractivity contribution < 1.29 is 27.9 Å². The van der Waals surface area contributed by atoms with Gasteiger partial charge in [0.2, 0.25) is 11.9 Å². The zero-order chi connectivity index (χ0) is 16.6. The van der Waals surface area contributed by atoms with Gasteiger partial charge < -0.3 is 20.5 Å². The second-order valence-electron chi connectivity index (χ2n) is 3.90. The Bertz CT molecular complexity index is 528. The van der Waals surface area contributed by atoms with E-state index in [4.69, 9.17) is 0 Å². The third-order valence-electron chi connectivity index (χ3n) is 2.13. The lowest BCUT2D eigenvalue weighted by Crippen LogP contribution is -2.31. The molecule has 1 heterocycles. The molecule has 2 N–H and O–H groups in total. The summed E-state index contributed by atoms with van der Waals surface area (Å²) in [5.74, 6) is -2.19. The molecular weight excluding hydrogens is 325 g/mol. The highest BCUT2D eigenvalue weighted by Gasteiger charge is 2.32. The van der Waals surface area contributed by atoms with Crippen LogP contribution in [0.1, 0.15) is 5.69 Å². The lowest BCUT2D eigenvalue weighted by molar-refractivity contribution is -0.301. The van der Waals surface area contributed by atoms with Crippen LogP contribution in [0.25, 0.3) is 0 Å². The monoisotopic (exact) mass is 337 g/mol. The molecule has 0 bridgehead atoms. The van der Waals surface area contributed by atoms with Gasteiger partial charge in [0, 0.05) is 25.0 Å². The quantitative estimate of drug-likeness (QED) is 0.616. The third-order valence-corrected chi connectivity index (χ3v) is 3.04. The predicted octanol–water partition coefficient (Wildman–Crippen LogP) is -0.493. The van der Waals surface area contributed by atoms with E-state index in [-0.39, 0.29) is 30.5 Å². The van der Waals surface area contributed by atoms with Gasteiger partial charge in [0.25, 0.3) is 0 Å². The minimum Gasteiger partial charge on any atom is -0.549 e. The first-order chi connectivity index (χ1) is 10.3. The number of thioether (sulfide) groups is 1. The molecule has 0 aromatic carbocycles. The maximum absolute atomic E-state index is 12.4. The van der Waals surface area contributed by atoms with Gasteiger partial charge in [0.15, 0.2) is 0 Å². The maximum atomic E-state index is 12.4. The van der Waals surface area contributed by atoms with E-state index in [2.05, 4.69) is 20.6 Å². The zero-order valence-electron chi connectivity index (χ0n) is 11.1. The normalized spacial score (nSPS) is 11.0. The SMILES string of the molecule is O=C([O-])CSCC(=O)NCCNc1nccc(C(F)(F)F)n1. The van der Waals surface area contributed by atoms with E-state index in [1.54, 1.807) is 0 Å². The van der Waals surface area contributed by atoms with Gasteiger partial charge in [-0.1, -0.05) is 0 Å². The molecule has 0 radical (unpaired) electrons. The summed E-state index contributed by atoms with van der Waals surface area (Å²) in [6.45, 7) is 0.253. The van der Waals surface area contributed by atoms with Crippen molar-refractivity contribution in [2.45, 2.75) is 6.18 Å². The Labute approximate surface area is 127 Å². The van der Waals surface area contributed by atoms with Gasteiger partial charge in [-0.15, -0.1) is 11.8 Å². The number of aromatic nitrogens is 2. The number of rotatable bonds is 8. The van der Waals surface area contributed by atoms with Crippen molar-refractivity contribution in [3.05, 3.63) is 18.0 Å². The second-order valence-corrected chi connectivity index (χ2v) is 4.89. The van der Waals surface area contributed by atoms with Crippen LogP contribution in [-0.4, -0.2) is 46.4 Å². The summed E-state index contributed by atoms with van der Waals surface area (Å²) in [5.41, 5.74) is -1.06. The Hall–Kier alpha value is -2.04. The Kier molecular flexibility index (Phi) is 6.89. The topological polar surface area (TPSA) is 107 Å². The lowest BCUT2D eigenvalue weighted by Gasteiger charge is -2.09. The highest BCUT2D eigenvalue weighted by Crippen LogP contribution is 2.27. The number of carboxylic acid groups (broad SMARTS) is 1. The predicted molar refractivity (Wildman–Crippen MR) is 70.9 cm³/mol. The minimum absolute atomic E-state index is 0.0476. The van der Waals surface area contributed by atoms with Gasteiger partial charge >= 0.3 is 6.18 Å². The van der Waals surface area contributed by atoms with E-state index in [0.29, 0.717) is 0 Å². The van der Waals surface area contributed by atoms with Crippen LogP contribution in [0.5, 0.6) is 0 Å². The number of aliphatic carboxylic acids is 1. The molecule has 0 aliphatic rings. The average molecular weight is 337 g/mol. The summed E-state index contributed by atoms with van der Waals surface area (Å²) in [6, 6.07) is 0.751. The Balaban J connectivity index is 2.27. The number of anilines is 1. The molecule has 0 unspecified atom stereocenters. The number of nitrogens with zero attached hydrogens (tertiary/aromatic N) is 2. The molecule has 1 aromatic heterocycles. The van der Waals surface area contributed by atoms with Crippen LogP contribution >= 0.6 is 11.8 Å². The van der Waals surface area contributed by atoms with Crippen LogP contribution < -0.4 is 15.7 Å². The molecule has 0 atom stereocenters. The Morgan fingerprint density at radius 2 is 2.00 bits per heavy atom. The lowest BCUT2D eigenvalue weighted by atomic mass is 10.4. The highest BCUT2D eigenvalue weighted by atomic mass is 32.2. The van der Waals surface area contributed by atoms with Crippen LogP contribution in [-0.2, 0) is 15.8 Å². The van der Waals surface area contributed by atoms with Gasteiger partial charge in [-0.25, -0.2) is 9.97 Å². The van der Waals surface area contributed by atoms with Crippen LogP contribution in [0.4, 0.5) is 19.1 Å². The summed E-state index contributed by atoms with van der Waals surface area (Å²) in [6.07, 6.45) is -3.57. The van der Waals surface area contributed by atoms with Crippen LogP contribution in [0.2, 0.25) is 0 Å². The summed E-state index contributed by atoms with van der Waals surface area (Å²) >= 11 is 0.884. The standard InChI is InChI=1S/C11H13F3N4O3S/c12-11(13,14)7-1-2-16-10(18-7)17-4-3-15-8(19)5-22-6-9(20)21/h1-2H,3-6H2,(H,15,19)(H,20,21)(H,16,17,18)/p-1. The Morgan fingerprint density at radius 1 is 1.27 bits per heavy atom. The molecule has 1 aromatic rings. The molecule has 11 heteroatoms. The number of nitrogens with one attached hydrogen (secondary N) is 2. The number of carboxylic acids is 1. The van der Waals surface area contributed by atoms with E-state index in [9.17, 15) is 27.9 Å². The molecule has 7 nitrogen and oxygen atoms in total. The fourth-order valence-corrected chi connectivity index (χ4v) is 1.81. The molecule has 22 heavy (non-hydrogen) atoms. The number of hydrogen-bond donors (Lipinski definition) is 2. The van der Waals surface area contributed by atoms with E-state index in [0.717, 1.165) is 24.0 Å². The van der Waals surface area contributed by atoms with Crippen molar-refractivity contribution in [1.82, 2.24) is 15.3 Å². The Morgan fingerprint density at radius 3 is 2.64 bits per heavy atom. The van der Waals surface area contributed by atoms with Crippen LogP contribution in [0, 0.1) is 0 Å². The van der Waals surface area contributed by atoms with Gasteiger partial charge in [0.05, 0.1) is 11.7 Å². The van der Waals surface area contributed by atoms with E-state index >= 15 is 0 Å². The van der Waals surface area contributed by atoms with Gasteiger partial charge in [0.1, 0.15) is 5.69 Å². The van der Waals surface area contributed by atoms with Crippen molar-refractivity contribution in [2.75, 3.05) is 29.9 Å². The van der Waals surface area contributed by atoms with Crippen LogP contribution in [0.3, 0.4) is 0 Å². The molecule has 1 amide bonds. The molecule has 0 saturated carbocycles. The molecule has 1 rings (SSSR count). The molecule has 0 aliphatic heterocycles. The summed E-state index contributed by atoms with van der Waals surface area (Å²) in [4.78, 5) is 28.3. The smallest absolute Gasteiger partial charge is 0.433 e. The molecule has 0 aliphatic carbocycles. The number of hydrogen-bond acceptors (Lipinski definition) is 7. The highest BCUT2D eigenvalue weighted by molar-refractivity contribution is 8.00.